The van der Waals surface area contributed by atoms with E-state index in [1.807, 2.05) is 67.6 Å². The van der Waals surface area contributed by atoms with E-state index in [0.29, 0.717) is 0 Å². The summed E-state index contributed by atoms with van der Waals surface area (Å²) >= 11 is 0. The lowest BCUT2D eigenvalue weighted by Crippen LogP contribution is -2.48. The van der Waals surface area contributed by atoms with Gasteiger partial charge in [-0.1, -0.05) is 97.1 Å². The van der Waals surface area contributed by atoms with Gasteiger partial charge in [0.2, 0.25) is 12.2 Å². The number of hydrogen-bond donors (Lipinski definition) is 2. The van der Waals surface area contributed by atoms with E-state index < -0.39 is 42.2 Å². The number of ether oxygens (including phenoxy) is 4. The SMILES string of the molecule is CC(NCC(COCc1ccccc1)OC(=O)C(OC(=O)c1ccccc1)C(OC(=O)c1ccccc1)C(=O)O)c1ccccc1. The molecule has 4 atom stereocenters. The van der Waals surface area contributed by atoms with Crippen molar-refractivity contribution in [2.24, 2.45) is 0 Å². The summed E-state index contributed by atoms with van der Waals surface area (Å²) in [5.41, 5.74) is 1.99. The van der Waals surface area contributed by atoms with Gasteiger partial charge in [-0.3, -0.25) is 0 Å². The predicted molar refractivity (Wildman–Crippen MR) is 168 cm³/mol. The molecule has 46 heavy (non-hydrogen) atoms. The van der Waals surface area contributed by atoms with Gasteiger partial charge in [0.05, 0.1) is 24.3 Å². The van der Waals surface area contributed by atoms with Crippen LogP contribution in [0.25, 0.3) is 0 Å². The number of aliphatic carboxylic acids is 1. The van der Waals surface area contributed by atoms with Gasteiger partial charge in [0, 0.05) is 12.6 Å². The highest BCUT2D eigenvalue weighted by molar-refractivity contribution is 5.95. The molecule has 0 aromatic heterocycles. The van der Waals surface area contributed by atoms with Crippen LogP contribution in [0.1, 0.15) is 44.8 Å². The molecule has 0 aliphatic rings. The largest absolute Gasteiger partial charge is 0.478 e. The molecule has 0 radical (unpaired) electrons. The Morgan fingerprint density at radius 3 is 1.65 bits per heavy atom. The van der Waals surface area contributed by atoms with Gasteiger partial charge in [0.25, 0.3) is 0 Å². The van der Waals surface area contributed by atoms with Crippen molar-refractivity contribution < 1.29 is 43.2 Å². The second-order valence-electron chi connectivity index (χ2n) is 10.3. The monoisotopic (exact) mass is 625 g/mol. The summed E-state index contributed by atoms with van der Waals surface area (Å²) < 4.78 is 22.2. The Labute approximate surface area is 266 Å². The van der Waals surface area contributed by atoms with Crippen LogP contribution in [0, 0.1) is 0 Å². The van der Waals surface area contributed by atoms with E-state index in [9.17, 15) is 24.3 Å². The van der Waals surface area contributed by atoms with E-state index >= 15 is 0 Å². The zero-order valence-corrected chi connectivity index (χ0v) is 25.2. The van der Waals surface area contributed by atoms with E-state index in [0.717, 1.165) is 11.1 Å². The zero-order chi connectivity index (χ0) is 32.7. The first kappa shape index (κ1) is 33.6. The molecule has 4 rings (SSSR count). The van der Waals surface area contributed by atoms with Crippen LogP contribution in [0.15, 0.2) is 121 Å². The predicted octanol–water partition coefficient (Wildman–Crippen LogP) is 5.00. The van der Waals surface area contributed by atoms with E-state index in [-0.39, 0.29) is 36.9 Å². The molecule has 0 bridgehead atoms. The molecule has 0 saturated heterocycles. The molecule has 0 saturated carbocycles. The quantitative estimate of drug-likeness (QED) is 0.129. The first-order chi connectivity index (χ1) is 22.3. The van der Waals surface area contributed by atoms with Crippen LogP contribution in [0.2, 0.25) is 0 Å². The number of hydrogen-bond acceptors (Lipinski definition) is 9. The Bertz CT molecular complexity index is 1550. The summed E-state index contributed by atoms with van der Waals surface area (Å²) in [6.45, 7) is 2.20. The molecular formula is C36H35NO9. The van der Waals surface area contributed by atoms with Crippen molar-refractivity contribution in [1.82, 2.24) is 5.32 Å². The summed E-state index contributed by atoms with van der Waals surface area (Å²) in [6, 6.07) is 34.2. The fourth-order valence-electron chi connectivity index (χ4n) is 4.41. The first-order valence-electron chi connectivity index (χ1n) is 14.7. The summed E-state index contributed by atoms with van der Waals surface area (Å²) in [6.07, 6.45) is -5.30. The molecule has 10 nitrogen and oxygen atoms in total. The van der Waals surface area contributed by atoms with Gasteiger partial charge in [0.1, 0.15) is 6.10 Å². The second-order valence-corrected chi connectivity index (χ2v) is 10.3. The van der Waals surface area contributed by atoms with E-state index in [1.165, 1.54) is 24.3 Å². The molecule has 2 N–H and O–H groups in total. The lowest BCUT2D eigenvalue weighted by atomic mass is 10.1. The van der Waals surface area contributed by atoms with Crippen LogP contribution in [0.5, 0.6) is 0 Å². The maximum Gasteiger partial charge on any atom is 0.352 e. The van der Waals surface area contributed by atoms with Crippen molar-refractivity contribution in [1.29, 1.82) is 0 Å². The van der Waals surface area contributed by atoms with Crippen molar-refractivity contribution in [3.8, 4) is 0 Å². The van der Waals surface area contributed by atoms with Crippen molar-refractivity contribution in [2.45, 2.75) is 37.9 Å². The third-order valence-electron chi connectivity index (χ3n) is 6.89. The smallest absolute Gasteiger partial charge is 0.352 e. The summed E-state index contributed by atoms with van der Waals surface area (Å²) in [5, 5.41) is 13.4. The molecule has 4 unspecified atom stereocenters. The van der Waals surface area contributed by atoms with Crippen LogP contribution in [-0.2, 0) is 35.1 Å². The molecule has 0 fully saturated rings. The molecular weight excluding hydrogens is 590 g/mol. The Morgan fingerprint density at radius 1 is 0.652 bits per heavy atom. The number of carboxylic acid groups (broad SMARTS) is 1. The molecule has 4 aromatic rings. The molecule has 0 amide bonds. The van der Waals surface area contributed by atoms with Crippen LogP contribution < -0.4 is 5.32 Å². The topological polar surface area (TPSA) is 137 Å². The molecule has 4 aromatic carbocycles. The standard InChI is InChI=1S/C36H35NO9/c1-25(27-16-8-3-9-17-27)37-22-30(24-43-23-26-14-6-2-7-15-26)44-36(42)32(46-35(41)29-20-12-5-13-21-29)31(33(38)39)45-34(40)28-18-10-4-11-19-28/h2-21,25,30-32,37H,22-24H2,1H3,(H,38,39). The summed E-state index contributed by atoms with van der Waals surface area (Å²) in [5.74, 6) is -4.96. The highest BCUT2D eigenvalue weighted by Crippen LogP contribution is 2.17. The van der Waals surface area contributed by atoms with E-state index in [1.54, 1.807) is 36.4 Å². The van der Waals surface area contributed by atoms with Crippen molar-refractivity contribution in [3.05, 3.63) is 144 Å². The van der Waals surface area contributed by atoms with Gasteiger partial charge in [-0.15, -0.1) is 0 Å². The Hall–Kier alpha value is -5.32. The Kier molecular flexibility index (Phi) is 12.6. The van der Waals surface area contributed by atoms with Gasteiger partial charge < -0.3 is 29.4 Å². The molecule has 238 valence electrons. The zero-order valence-electron chi connectivity index (χ0n) is 25.2. The minimum absolute atomic E-state index is 0.0431. The van der Waals surface area contributed by atoms with Gasteiger partial charge in [-0.05, 0) is 42.3 Å². The fraction of sp³-hybridized carbons (Fsp3) is 0.222. The number of benzene rings is 4. The highest BCUT2D eigenvalue weighted by atomic mass is 16.6. The maximum atomic E-state index is 13.7. The third-order valence-corrected chi connectivity index (χ3v) is 6.89. The normalized spacial score (nSPS) is 13.4. The van der Waals surface area contributed by atoms with E-state index in [2.05, 4.69) is 5.32 Å². The van der Waals surface area contributed by atoms with Gasteiger partial charge in [-0.2, -0.15) is 0 Å². The highest BCUT2D eigenvalue weighted by Gasteiger charge is 2.43. The van der Waals surface area contributed by atoms with Crippen LogP contribution in [0.4, 0.5) is 0 Å². The van der Waals surface area contributed by atoms with Gasteiger partial charge in [0.15, 0.2) is 0 Å². The number of carbonyl (C=O) groups excluding carboxylic acids is 3. The van der Waals surface area contributed by atoms with Crippen LogP contribution in [0.3, 0.4) is 0 Å². The molecule has 0 heterocycles. The van der Waals surface area contributed by atoms with Crippen molar-refractivity contribution in [2.75, 3.05) is 13.2 Å². The van der Waals surface area contributed by atoms with Crippen LogP contribution in [-0.4, -0.2) is 60.4 Å². The van der Waals surface area contributed by atoms with Crippen molar-refractivity contribution in [3.63, 3.8) is 0 Å². The van der Waals surface area contributed by atoms with Crippen LogP contribution >= 0.6 is 0 Å². The Balaban J connectivity index is 1.55. The second kappa shape index (κ2) is 17.2. The summed E-state index contributed by atoms with van der Waals surface area (Å²) in [7, 11) is 0. The summed E-state index contributed by atoms with van der Waals surface area (Å²) in [4.78, 5) is 52.0. The lowest BCUT2D eigenvalue weighted by molar-refractivity contribution is -0.176. The minimum Gasteiger partial charge on any atom is -0.478 e. The van der Waals surface area contributed by atoms with Crippen molar-refractivity contribution >= 4 is 23.9 Å². The number of carboxylic acids is 1. The lowest BCUT2D eigenvalue weighted by Gasteiger charge is -2.26. The number of carbonyl (C=O) groups is 4. The Morgan fingerprint density at radius 2 is 1.13 bits per heavy atom. The van der Waals surface area contributed by atoms with Gasteiger partial charge >= 0.3 is 23.9 Å². The average Bonchev–Trinajstić information content (AvgIpc) is 3.09. The number of rotatable bonds is 16. The number of nitrogens with one attached hydrogen (secondary N) is 1. The molecule has 0 aliphatic heterocycles. The average molecular weight is 626 g/mol. The first-order valence-corrected chi connectivity index (χ1v) is 14.7. The minimum atomic E-state index is -2.21. The fourth-order valence-corrected chi connectivity index (χ4v) is 4.41. The molecule has 0 spiro atoms. The van der Waals surface area contributed by atoms with Gasteiger partial charge in [-0.25, -0.2) is 19.2 Å². The maximum absolute atomic E-state index is 13.7. The third kappa shape index (κ3) is 10.1. The molecule has 0 aliphatic carbocycles. The molecule has 10 heteroatoms. The van der Waals surface area contributed by atoms with E-state index in [4.69, 9.17) is 18.9 Å². The number of esters is 3.